The third kappa shape index (κ3) is 3.26. The molecule has 1 aromatic rings. The molecule has 2 N–H and O–H groups in total. The van der Waals surface area contributed by atoms with Gasteiger partial charge in [-0.15, -0.1) is 0 Å². The lowest BCUT2D eigenvalue weighted by atomic mass is 9.97. The van der Waals surface area contributed by atoms with Gasteiger partial charge in [0, 0.05) is 12.2 Å². The minimum absolute atomic E-state index is 0.114. The molecule has 1 saturated heterocycles. The van der Waals surface area contributed by atoms with Gasteiger partial charge < -0.3 is 15.3 Å². The summed E-state index contributed by atoms with van der Waals surface area (Å²) in [4.78, 5) is 14.0. The Morgan fingerprint density at radius 3 is 2.84 bits per heavy atom. The highest BCUT2D eigenvalue weighted by atomic mass is 16.3. The van der Waals surface area contributed by atoms with Gasteiger partial charge in [0.2, 0.25) is 0 Å². The van der Waals surface area contributed by atoms with Crippen molar-refractivity contribution in [1.29, 1.82) is 0 Å². The van der Waals surface area contributed by atoms with Crippen molar-refractivity contribution in [2.24, 2.45) is 0 Å². The van der Waals surface area contributed by atoms with E-state index in [0.29, 0.717) is 6.54 Å². The Hall–Kier alpha value is -1.55. The molecule has 19 heavy (non-hydrogen) atoms. The van der Waals surface area contributed by atoms with E-state index >= 15 is 0 Å². The number of carbonyl (C=O) groups excluding carboxylic acids is 1. The highest BCUT2D eigenvalue weighted by Gasteiger charge is 2.38. The van der Waals surface area contributed by atoms with E-state index in [1.807, 2.05) is 31.2 Å². The number of nitrogens with zero attached hydrogens (tertiary/aromatic N) is 1. The number of hydrogen-bond acceptors (Lipinski definition) is 2. The van der Waals surface area contributed by atoms with Gasteiger partial charge in [-0.25, -0.2) is 4.79 Å². The van der Waals surface area contributed by atoms with E-state index in [1.165, 1.54) is 0 Å². The van der Waals surface area contributed by atoms with Crippen molar-refractivity contribution in [3.05, 3.63) is 29.8 Å². The lowest BCUT2D eigenvalue weighted by Gasteiger charge is -2.33. The number of nitrogens with one attached hydrogen (secondary N) is 1. The second-order valence-electron chi connectivity index (χ2n) is 5.80. The van der Waals surface area contributed by atoms with Crippen molar-refractivity contribution >= 4 is 11.7 Å². The maximum absolute atomic E-state index is 12.3. The molecule has 0 radical (unpaired) electrons. The molecule has 2 amide bonds. The van der Waals surface area contributed by atoms with Crippen LogP contribution in [0, 0.1) is 6.92 Å². The largest absolute Gasteiger partial charge is 0.388 e. The van der Waals surface area contributed by atoms with Gasteiger partial charge >= 0.3 is 6.03 Å². The first-order chi connectivity index (χ1) is 8.88. The first-order valence-electron chi connectivity index (χ1n) is 6.74. The molecule has 1 aliphatic rings. The van der Waals surface area contributed by atoms with Crippen LogP contribution in [0.1, 0.15) is 32.3 Å². The minimum Gasteiger partial charge on any atom is -0.388 e. The fraction of sp³-hybridized carbons (Fsp3) is 0.533. The summed E-state index contributed by atoms with van der Waals surface area (Å²) in [6, 6.07) is 7.48. The van der Waals surface area contributed by atoms with E-state index in [4.69, 9.17) is 0 Å². The molecule has 2 rings (SSSR count). The van der Waals surface area contributed by atoms with Crippen LogP contribution in [0.4, 0.5) is 10.5 Å². The van der Waals surface area contributed by atoms with E-state index in [2.05, 4.69) is 5.32 Å². The molecule has 0 aliphatic carbocycles. The third-order valence-corrected chi connectivity index (χ3v) is 3.60. The normalized spacial score (nSPS) is 19.6. The molecule has 0 saturated carbocycles. The van der Waals surface area contributed by atoms with Gasteiger partial charge in [-0.3, -0.25) is 0 Å². The van der Waals surface area contributed by atoms with Gasteiger partial charge in [-0.1, -0.05) is 12.1 Å². The van der Waals surface area contributed by atoms with Crippen LogP contribution < -0.4 is 5.32 Å². The summed E-state index contributed by atoms with van der Waals surface area (Å²) in [5, 5.41) is 13.0. The molecule has 1 heterocycles. The van der Waals surface area contributed by atoms with Gasteiger partial charge in [0.05, 0.1) is 11.6 Å². The number of anilines is 1. The zero-order chi connectivity index (χ0) is 14.0. The predicted octanol–water partition coefficient (Wildman–Crippen LogP) is 2.76. The van der Waals surface area contributed by atoms with Crippen LogP contribution in [0.3, 0.4) is 0 Å². The number of likely N-dealkylation sites (tertiary alicyclic amines) is 1. The van der Waals surface area contributed by atoms with Crippen LogP contribution in [-0.2, 0) is 0 Å². The summed E-state index contributed by atoms with van der Waals surface area (Å²) in [7, 11) is 0. The van der Waals surface area contributed by atoms with Crippen LogP contribution in [0.2, 0.25) is 0 Å². The van der Waals surface area contributed by atoms with Crippen molar-refractivity contribution in [2.45, 2.75) is 45.3 Å². The summed E-state index contributed by atoms with van der Waals surface area (Å²) in [6.45, 7) is 6.21. The van der Waals surface area contributed by atoms with Crippen LogP contribution in [0.15, 0.2) is 24.3 Å². The number of benzene rings is 1. The number of rotatable bonds is 2. The topological polar surface area (TPSA) is 52.6 Å². The molecule has 1 aliphatic heterocycles. The second-order valence-corrected chi connectivity index (χ2v) is 5.80. The van der Waals surface area contributed by atoms with Crippen molar-refractivity contribution in [2.75, 3.05) is 11.9 Å². The van der Waals surface area contributed by atoms with Crippen LogP contribution in [0.5, 0.6) is 0 Å². The zero-order valence-corrected chi connectivity index (χ0v) is 11.8. The van der Waals surface area contributed by atoms with Gasteiger partial charge in [0.15, 0.2) is 0 Å². The standard InChI is InChI=1S/C15H22N2O2/c1-11-6-4-7-12(10-11)16-14(18)17-9-5-8-13(17)15(2,3)19/h4,6-7,10,13,19H,5,8-9H2,1-3H3,(H,16,18). The number of aliphatic hydroxyl groups is 1. The molecule has 104 valence electrons. The highest BCUT2D eigenvalue weighted by molar-refractivity contribution is 5.89. The number of hydrogen-bond donors (Lipinski definition) is 2. The molecule has 1 aromatic carbocycles. The average molecular weight is 262 g/mol. The van der Waals surface area contributed by atoms with Gasteiger partial charge in [-0.2, -0.15) is 0 Å². The Kier molecular flexibility index (Phi) is 3.80. The maximum Gasteiger partial charge on any atom is 0.322 e. The minimum atomic E-state index is -0.861. The predicted molar refractivity (Wildman–Crippen MR) is 76.2 cm³/mol. The molecule has 4 nitrogen and oxygen atoms in total. The third-order valence-electron chi connectivity index (χ3n) is 3.60. The van der Waals surface area contributed by atoms with Gasteiger partial charge in [0.1, 0.15) is 0 Å². The number of amides is 2. The zero-order valence-electron chi connectivity index (χ0n) is 11.8. The summed E-state index contributed by atoms with van der Waals surface area (Å²) in [5.74, 6) is 0. The fourth-order valence-corrected chi connectivity index (χ4v) is 2.66. The van der Waals surface area contributed by atoms with Crippen LogP contribution in [-0.4, -0.2) is 34.2 Å². The Morgan fingerprint density at radius 1 is 1.47 bits per heavy atom. The van der Waals surface area contributed by atoms with Crippen molar-refractivity contribution in [3.8, 4) is 0 Å². The molecule has 1 atom stereocenters. The summed E-state index contributed by atoms with van der Waals surface area (Å²) in [6.07, 6.45) is 1.79. The molecular formula is C15H22N2O2. The van der Waals surface area contributed by atoms with E-state index in [0.717, 1.165) is 24.1 Å². The average Bonchev–Trinajstić information content (AvgIpc) is 2.77. The van der Waals surface area contributed by atoms with Gasteiger partial charge in [0.25, 0.3) is 0 Å². The summed E-state index contributed by atoms with van der Waals surface area (Å²) in [5.41, 5.74) is 1.05. The Labute approximate surface area is 114 Å². The van der Waals surface area contributed by atoms with Crippen LogP contribution in [0.25, 0.3) is 0 Å². The van der Waals surface area contributed by atoms with Crippen molar-refractivity contribution < 1.29 is 9.90 Å². The molecule has 1 fully saturated rings. The second kappa shape index (κ2) is 5.21. The number of urea groups is 1. The SMILES string of the molecule is Cc1cccc(NC(=O)N2CCCC2C(C)(C)O)c1. The van der Waals surface area contributed by atoms with E-state index in [-0.39, 0.29) is 12.1 Å². The van der Waals surface area contributed by atoms with Crippen molar-refractivity contribution in [1.82, 2.24) is 4.90 Å². The molecule has 0 bridgehead atoms. The number of aryl methyl sites for hydroxylation is 1. The lowest BCUT2D eigenvalue weighted by Crippen LogP contribution is -2.49. The smallest absolute Gasteiger partial charge is 0.322 e. The lowest BCUT2D eigenvalue weighted by molar-refractivity contribution is 0.0117. The van der Waals surface area contributed by atoms with E-state index in [9.17, 15) is 9.90 Å². The highest BCUT2D eigenvalue weighted by Crippen LogP contribution is 2.27. The quantitative estimate of drug-likeness (QED) is 0.861. The van der Waals surface area contributed by atoms with Crippen molar-refractivity contribution in [3.63, 3.8) is 0 Å². The summed E-state index contributed by atoms with van der Waals surface area (Å²) < 4.78 is 0. The Bertz CT molecular complexity index is 465. The van der Waals surface area contributed by atoms with Crippen LogP contribution >= 0.6 is 0 Å². The molecule has 0 aromatic heterocycles. The Balaban J connectivity index is 2.07. The van der Waals surface area contributed by atoms with E-state index < -0.39 is 5.60 Å². The molecule has 4 heteroatoms. The number of carbonyl (C=O) groups is 1. The van der Waals surface area contributed by atoms with Gasteiger partial charge in [-0.05, 0) is 51.3 Å². The first-order valence-corrected chi connectivity index (χ1v) is 6.74. The fourth-order valence-electron chi connectivity index (χ4n) is 2.66. The molecule has 0 spiro atoms. The summed E-state index contributed by atoms with van der Waals surface area (Å²) >= 11 is 0. The maximum atomic E-state index is 12.3. The monoisotopic (exact) mass is 262 g/mol. The molecule has 1 unspecified atom stereocenters. The van der Waals surface area contributed by atoms with E-state index in [1.54, 1.807) is 18.7 Å². The Morgan fingerprint density at radius 2 is 2.21 bits per heavy atom. The molecular weight excluding hydrogens is 240 g/mol. The first kappa shape index (κ1) is 13.9.